The van der Waals surface area contributed by atoms with Crippen LogP contribution in [-0.4, -0.2) is 57.4 Å². The molecule has 1 saturated heterocycles. The van der Waals surface area contributed by atoms with Gasteiger partial charge >= 0.3 is 0 Å². The number of carbonyl (C=O) groups is 1. The summed E-state index contributed by atoms with van der Waals surface area (Å²) in [7, 11) is 0. The molecule has 0 spiro atoms. The number of nitrogens with one attached hydrogen (secondary N) is 1. The van der Waals surface area contributed by atoms with E-state index in [9.17, 15) is 4.79 Å². The molecular weight excluding hydrogens is 360 g/mol. The van der Waals surface area contributed by atoms with Gasteiger partial charge in [0.1, 0.15) is 0 Å². The molecular formula is C19H20N6OS. The predicted octanol–water partition coefficient (Wildman–Crippen LogP) is 2.77. The topological polar surface area (TPSA) is 78.0 Å². The van der Waals surface area contributed by atoms with Crippen molar-refractivity contribution in [2.24, 2.45) is 0 Å². The van der Waals surface area contributed by atoms with Crippen LogP contribution in [0.5, 0.6) is 0 Å². The van der Waals surface area contributed by atoms with E-state index in [0.29, 0.717) is 24.7 Å². The van der Waals surface area contributed by atoms with Gasteiger partial charge in [-0.3, -0.25) is 9.89 Å². The van der Waals surface area contributed by atoms with Crippen LogP contribution in [0.15, 0.2) is 35.7 Å². The van der Waals surface area contributed by atoms with Crippen molar-refractivity contribution in [3.05, 3.63) is 47.1 Å². The first-order valence-electron chi connectivity index (χ1n) is 9.25. The molecule has 1 amide bonds. The monoisotopic (exact) mass is 380 g/mol. The fourth-order valence-corrected chi connectivity index (χ4v) is 4.08. The van der Waals surface area contributed by atoms with Gasteiger partial charge in [-0.1, -0.05) is 6.07 Å². The summed E-state index contributed by atoms with van der Waals surface area (Å²) in [6, 6.07) is 9.98. The van der Waals surface area contributed by atoms with Gasteiger partial charge in [0.15, 0.2) is 11.5 Å². The van der Waals surface area contributed by atoms with Gasteiger partial charge in [-0.2, -0.15) is 10.2 Å². The molecule has 27 heavy (non-hydrogen) atoms. The number of thiophene rings is 1. The van der Waals surface area contributed by atoms with Gasteiger partial charge in [0.2, 0.25) is 0 Å². The van der Waals surface area contributed by atoms with E-state index >= 15 is 0 Å². The minimum absolute atomic E-state index is 0.0242. The second-order valence-electron chi connectivity index (χ2n) is 7.01. The standard InChI is InChI=1S/C19H20N6OS/c26-19(16-12-15(21-22-16)17-2-1-11-27-17)25-9-7-24(8-10-25)18-6-5-14(20-23-18)13-3-4-13/h1-2,5-6,11-13H,3-4,7-10H2,(H,21,22). The molecule has 1 N–H and O–H groups in total. The highest BCUT2D eigenvalue weighted by Gasteiger charge is 2.27. The molecule has 7 nitrogen and oxygen atoms in total. The normalized spacial score (nSPS) is 17.3. The van der Waals surface area contributed by atoms with Gasteiger partial charge in [0.25, 0.3) is 5.91 Å². The molecule has 0 bridgehead atoms. The molecule has 138 valence electrons. The molecule has 0 atom stereocenters. The predicted molar refractivity (Wildman–Crippen MR) is 104 cm³/mol. The van der Waals surface area contributed by atoms with E-state index in [0.717, 1.165) is 35.2 Å². The fourth-order valence-electron chi connectivity index (χ4n) is 3.39. The summed E-state index contributed by atoms with van der Waals surface area (Å²) in [6.07, 6.45) is 2.46. The molecule has 3 aromatic heterocycles. The maximum absolute atomic E-state index is 12.8. The highest BCUT2D eigenvalue weighted by Crippen LogP contribution is 2.38. The number of amides is 1. The van der Waals surface area contributed by atoms with Crippen molar-refractivity contribution < 1.29 is 4.79 Å². The van der Waals surface area contributed by atoms with Crippen molar-refractivity contribution in [3.8, 4) is 10.6 Å². The number of aromatic amines is 1. The van der Waals surface area contributed by atoms with Crippen molar-refractivity contribution in [1.82, 2.24) is 25.3 Å². The van der Waals surface area contributed by atoms with Gasteiger partial charge in [-0.25, -0.2) is 0 Å². The van der Waals surface area contributed by atoms with Gasteiger partial charge in [0.05, 0.1) is 16.3 Å². The zero-order valence-electron chi connectivity index (χ0n) is 14.8. The highest BCUT2D eigenvalue weighted by molar-refractivity contribution is 7.13. The summed E-state index contributed by atoms with van der Waals surface area (Å²) in [5.74, 6) is 1.49. The number of hydrogen-bond donors (Lipinski definition) is 1. The summed E-state index contributed by atoms with van der Waals surface area (Å²) in [6.45, 7) is 2.83. The summed E-state index contributed by atoms with van der Waals surface area (Å²) in [4.78, 5) is 17.9. The van der Waals surface area contributed by atoms with E-state index in [1.54, 1.807) is 11.3 Å². The molecule has 8 heteroatoms. The average Bonchev–Trinajstić information content (AvgIpc) is 3.20. The molecule has 1 saturated carbocycles. The van der Waals surface area contributed by atoms with E-state index in [1.807, 2.05) is 28.5 Å². The first-order valence-corrected chi connectivity index (χ1v) is 10.1. The molecule has 0 aromatic carbocycles. The molecule has 0 unspecified atom stereocenters. The van der Waals surface area contributed by atoms with Crippen LogP contribution in [0, 0.1) is 0 Å². The van der Waals surface area contributed by atoms with E-state index in [2.05, 4.69) is 37.4 Å². The van der Waals surface area contributed by atoms with Crippen molar-refractivity contribution in [3.63, 3.8) is 0 Å². The third-order valence-electron chi connectivity index (χ3n) is 5.14. The smallest absolute Gasteiger partial charge is 0.274 e. The zero-order valence-corrected chi connectivity index (χ0v) is 15.7. The minimum Gasteiger partial charge on any atom is -0.352 e. The fraction of sp³-hybridized carbons (Fsp3) is 0.368. The summed E-state index contributed by atoms with van der Waals surface area (Å²) in [5.41, 5.74) is 2.46. The lowest BCUT2D eigenvalue weighted by molar-refractivity contribution is 0.0740. The van der Waals surface area contributed by atoms with E-state index in [-0.39, 0.29) is 5.91 Å². The van der Waals surface area contributed by atoms with Crippen LogP contribution in [0.1, 0.15) is 34.9 Å². The average molecular weight is 380 g/mol. The Labute approximate surface area is 161 Å². The van der Waals surface area contributed by atoms with Crippen LogP contribution >= 0.6 is 11.3 Å². The number of H-pyrrole nitrogens is 1. The quantitative estimate of drug-likeness (QED) is 0.753. The molecule has 2 aliphatic rings. The van der Waals surface area contributed by atoms with Crippen molar-refractivity contribution in [2.75, 3.05) is 31.1 Å². The third kappa shape index (κ3) is 3.32. The number of hydrogen-bond acceptors (Lipinski definition) is 6. The first kappa shape index (κ1) is 16.4. The largest absolute Gasteiger partial charge is 0.352 e. The van der Waals surface area contributed by atoms with Crippen LogP contribution in [0.3, 0.4) is 0 Å². The number of nitrogens with zero attached hydrogens (tertiary/aromatic N) is 5. The molecule has 4 heterocycles. The lowest BCUT2D eigenvalue weighted by Crippen LogP contribution is -2.49. The number of piperazine rings is 1. The Morgan fingerprint density at radius 2 is 1.96 bits per heavy atom. The second-order valence-corrected chi connectivity index (χ2v) is 7.96. The van der Waals surface area contributed by atoms with E-state index in [4.69, 9.17) is 0 Å². The highest BCUT2D eigenvalue weighted by atomic mass is 32.1. The zero-order chi connectivity index (χ0) is 18.2. The maximum Gasteiger partial charge on any atom is 0.274 e. The van der Waals surface area contributed by atoms with E-state index in [1.165, 1.54) is 12.8 Å². The SMILES string of the molecule is O=C(c1cc(-c2cccs2)[nH]n1)N1CCN(c2ccc(C3CC3)nn2)CC1. The Balaban J connectivity index is 1.21. The van der Waals surface area contributed by atoms with Crippen LogP contribution in [0.4, 0.5) is 5.82 Å². The number of rotatable bonds is 4. The Morgan fingerprint density at radius 3 is 2.63 bits per heavy atom. The molecule has 1 aliphatic carbocycles. The van der Waals surface area contributed by atoms with Crippen LogP contribution in [0.25, 0.3) is 10.6 Å². The van der Waals surface area contributed by atoms with Crippen molar-refractivity contribution in [2.45, 2.75) is 18.8 Å². The Morgan fingerprint density at radius 1 is 1.11 bits per heavy atom. The molecule has 2 fully saturated rings. The van der Waals surface area contributed by atoms with Gasteiger partial charge in [0, 0.05) is 32.1 Å². The summed E-state index contributed by atoms with van der Waals surface area (Å²) < 4.78 is 0. The van der Waals surface area contributed by atoms with Crippen LogP contribution in [-0.2, 0) is 0 Å². The number of anilines is 1. The van der Waals surface area contributed by atoms with Crippen molar-refractivity contribution >= 4 is 23.1 Å². The Kier molecular flexibility index (Phi) is 4.12. The number of aromatic nitrogens is 4. The lowest BCUT2D eigenvalue weighted by atomic mass is 10.2. The number of carbonyl (C=O) groups excluding carboxylic acids is 1. The second kappa shape index (κ2) is 6.77. The molecule has 1 aliphatic heterocycles. The minimum atomic E-state index is -0.0242. The van der Waals surface area contributed by atoms with Gasteiger partial charge in [-0.05, 0) is 42.5 Å². The van der Waals surface area contributed by atoms with Crippen LogP contribution in [0.2, 0.25) is 0 Å². The van der Waals surface area contributed by atoms with Gasteiger partial charge in [-0.15, -0.1) is 16.4 Å². The summed E-state index contributed by atoms with van der Waals surface area (Å²) in [5, 5.41) is 17.9. The first-order chi connectivity index (χ1) is 13.3. The van der Waals surface area contributed by atoms with Crippen molar-refractivity contribution in [1.29, 1.82) is 0 Å². The third-order valence-corrected chi connectivity index (χ3v) is 6.04. The Hall–Kier alpha value is -2.74. The van der Waals surface area contributed by atoms with Crippen LogP contribution < -0.4 is 4.90 Å². The van der Waals surface area contributed by atoms with E-state index < -0.39 is 0 Å². The maximum atomic E-state index is 12.8. The lowest BCUT2D eigenvalue weighted by Gasteiger charge is -2.34. The molecule has 3 aromatic rings. The Bertz CT molecular complexity index is 924. The molecule has 0 radical (unpaired) electrons. The molecule has 5 rings (SSSR count). The summed E-state index contributed by atoms with van der Waals surface area (Å²) >= 11 is 1.63. The van der Waals surface area contributed by atoms with Gasteiger partial charge < -0.3 is 9.80 Å².